The third kappa shape index (κ3) is 3.31. The summed E-state index contributed by atoms with van der Waals surface area (Å²) in [5, 5.41) is 21.8. The van der Waals surface area contributed by atoms with Crippen molar-refractivity contribution < 1.29 is 0 Å². The molecule has 4 aromatic rings. The topological polar surface area (TPSA) is 113 Å². The van der Waals surface area contributed by atoms with E-state index in [0.29, 0.717) is 11.3 Å². The van der Waals surface area contributed by atoms with E-state index in [1.807, 2.05) is 48.5 Å². The second-order valence-corrected chi connectivity index (χ2v) is 6.37. The number of nitrogen functional groups attached to an aromatic ring is 1. The lowest BCUT2D eigenvalue weighted by Gasteiger charge is -2.18. The maximum Gasteiger partial charge on any atom is 0.240 e. The van der Waals surface area contributed by atoms with Crippen LogP contribution in [0.1, 0.15) is 24.1 Å². The first kappa shape index (κ1) is 17.4. The van der Waals surface area contributed by atoms with Crippen LogP contribution in [0.4, 0.5) is 11.6 Å². The molecule has 0 aliphatic heterocycles. The zero-order valence-corrected chi connectivity index (χ0v) is 15.2. The lowest BCUT2D eigenvalue weighted by atomic mass is 10.0. The van der Waals surface area contributed by atoms with Gasteiger partial charge in [0.15, 0.2) is 0 Å². The molecule has 136 valence electrons. The van der Waals surface area contributed by atoms with E-state index in [2.05, 4.69) is 38.5 Å². The number of hydrogen-bond acceptors (Lipinski definition) is 7. The Balaban J connectivity index is 1.82. The highest BCUT2D eigenvalue weighted by molar-refractivity contribution is 5.96. The van der Waals surface area contributed by atoms with Crippen LogP contribution in [0, 0.1) is 11.3 Å². The molecule has 0 saturated carbocycles. The summed E-state index contributed by atoms with van der Waals surface area (Å²) in [7, 11) is 0. The fraction of sp³-hybridized carbons (Fsp3) is 0.0952. The molecule has 0 amide bonds. The molecule has 0 radical (unpaired) electrons. The molecule has 0 saturated heterocycles. The van der Waals surface area contributed by atoms with E-state index >= 15 is 0 Å². The summed E-state index contributed by atoms with van der Waals surface area (Å²) in [4.78, 5) is 8.41. The summed E-state index contributed by atoms with van der Waals surface area (Å²) in [5.74, 6) is 0.122. The number of nitrogens with one attached hydrogen (secondary N) is 1. The molecule has 0 aliphatic carbocycles. The zero-order valence-electron chi connectivity index (χ0n) is 15.2. The van der Waals surface area contributed by atoms with Gasteiger partial charge in [0.05, 0.1) is 23.0 Å². The summed E-state index contributed by atoms with van der Waals surface area (Å²) in [5.41, 5.74) is 10.1. The Morgan fingerprint density at radius 3 is 2.57 bits per heavy atom. The number of rotatable bonds is 4. The van der Waals surface area contributed by atoms with Gasteiger partial charge in [0.25, 0.3) is 0 Å². The average Bonchev–Trinajstić information content (AvgIpc) is 2.75. The summed E-state index contributed by atoms with van der Waals surface area (Å²) in [6.45, 7) is 2.06. The number of nitrogens with zero attached hydrogens (tertiary/aromatic N) is 5. The molecule has 4 rings (SSSR count). The van der Waals surface area contributed by atoms with Gasteiger partial charge in [-0.1, -0.05) is 36.4 Å². The molecule has 1 unspecified atom stereocenters. The fourth-order valence-electron chi connectivity index (χ4n) is 3.05. The van der Waals surface area contributed by atoms with Crippen molar-refractivity contribution >= 4 is 22.5 Å². The minimum Gasteiger partial charge on any atom is -0.377 e. The van der Waals surface area contributed by atoms with Crippen LogP contribution >= 0.6 is 0 Å². The van der Waals surface area contributed by atoms with Gasteiger partial charge in [-0.25, -0.2) is 4.98 Å². The quantitative estimate of drug-likeness (QED) is 0.565. The van der Waals surface area contributed by atoms with Gasteiger partial charge in [-0.2, -0.15) is 5.26 Å². The molecule has 7 heteroatoms. The maximum atomic E-state index is 9.60. The van der Waals surface area contributed by atoms with Crippen LogP contribution in [0.2, 0.25) is 0 Å². The van der Waals surface area contributed by atoms with Crippen molar-refractivity contribution in [3.63, 3.8) is 0 Å². The normalized spacial score (nSPS) is 11.7. The summed E-state index contributed by atoms with van der Waals surface area (Å²) >= 11 is 0. The Hall–Kier alpha value is -4.05. The Morgan fingerprint density at radius 2 is 1.86 bits per heavy atom. The predicted octanol–water partition coefficient (Wildman–Crippen LogP) is 3.71. The van der Waals surface area contributed by atoms with Gasteiger partial charge in [0.1, 0.15) is 11.8 Å². The van der Waals surface area contributed by atoms with Crippen molar-refractivity contribution in [2.24, 2.45) is 0 Å². The number of nitrogens with two attached hydrogens (primary N) is 1. The number of aromatic nitrogens is 4. The molecule has 2 heterocycles. The Bertz CT molecular complexity index is 1170. The average molecular weight is 367 g/mol. The van der Waals surface area contributed by atoms with Crippen LogP contribution < -0.4 is 11.1 Å². The van der Waals surface area contributed by atoms with Crippen molar-refractivity contribution in [2.75, 3.05) is 11.1 Å². The molecular weight excluding hydrogens is 350 g/mol. The van der Waals surface area contributed by atoms with E-state index in [1.54, 1.807) is 12.4 Å². The minimum absolute atomic E-state index is 0.0144. The lowest BCUT2D eigenvalue weighted by Crippen LogP contribution is -2.08. The third-order valence-electron chi connectivity index (χ3n) is 4.52. The van der Waals surface area contributed by atoms with Crippen molar-refractivity contribution in [1.82, 2.24) is 20.2 Å². The van der Waals surface area contributed by atoms with Gasteiger partial charge in [0, 0.05) is 23.2 Å². The second kappa shape index (κ2) is 7.29. The molecule has 0 fully saturated rings. The molecule has 0 spiro atoms. The molecule has 0 bridgehead atoms. The van der Waals surface area contributed by atoms with Gasteiger partial charge in [-0.15, -0.1) is 10.2 Å². The standard InChI is InChI=1S/C21H17N7/c1-13(14-5-3-2-4-6-14)26-20-16(10-22)11-24-18-8-7-15(9-17(18)20)19-12-25-21(23)28-27-19/h2-9,11-13H,1H3,(H,24,26)(H2,23,25,28). The van der Waals surface area contributed by atoms with Crippen molar-refractivity contribution in [2.45, 2.75) is 13.0 Å². The Labute approximate surface area is 161 Å². The van der Waals surface area contributed by atoms with E-state index in [1.165, 1.54) is 0 Å². The molecule has 0 aliphatic rings. The van der Waals surface area contributed by atoms with E-state index in [0.717, 1.165) is 27.7 Å². The van der Waals surface area contributed by atoms with E-state index in [4.69, 9.17) is 5.73 Å². The molecule has 2 aromatic carbocycles. The van der Waals surface area contributed by atoms with Gasteiger partial charge in [-0.3, -0.25) is 4.98 Å². The zero-order chi connectivity index (χ0) is 19.5. The number of fused-ring (bicyclic) bond motifs is 1. The summed E-state index contributed by atoms with van der Waals surface area (Å²) in [6, 6.07) is 18.0. The number of anilines is 2. The van der Waals surface area contributed by atoms with Crippen LogP contribution in [0.15, 0.2) is 60.9 Å². The first-order valence-corrected chi connectivity index (χ1v) is 8.75. The van der Waals surface area contributed by atoms with Crippen molar-refractivity contribution in [3.05, 3.63) is 72.1 Å². The number of pyridine rings is 1. The van der Waals surface area contributed by atoms with Gasteiger partial charge in [0.2, 0.25) is 5.95 Å². The van der Waals surface area contributed by atoms with Crippen LogP contribution in [-0.2, 0) is 0 Å². The largest absolute Gasteiger partial charge is 0.377 e. The lowest BCUT2D eigenvalue weighted by molar-refractivity contribution is 0.885. The second-order valence-electron chi connectivity index (χ2n) is 6.37. The monoisotopic (exact) mass is 367 g/mol. The number of nitriles is 1. The highest BCUT2D eigenvalue weighted by Gasteiger charge is 2.14. The van der Waals surface area contributed by atoms with E-state index in [-0.39, 0.29) is 12.0 Å². The SMILES string of the molecule is CC(Nc1c(C#N)cnc2ccc(-c3cnc(N)nn3)cc12)c1ccccc1. The molecule has 3 N–H and O–H groups in total. The minimum atomic E-state index is 0.0144. The first-order chi connectivity index (χ1) is 13.7. The highest BCUT2D eigenvalue weighted by Crippen LogP contribution is 2.32. The Kier molecular flexibility index (Phi) is 4.52. The maximum absolute atomic E-state index is 9.60. The van der Waals surface area contributed by atoms with E-state index in [9.17, 15) is 5.26 Å². The summed E-state index contributed by atoms with van der Waals surface area (Å²) in [6.07, 6.45) is 3.16. The van der Waals surface area contributed by atoms with Crippen LogP contribution in [0.25, 0.3) is 22.2 Å². The van der Waals surface area contributed by atoms with Gasteiger partial charge >= 0.3 is 0 Å². The molecule has 1 atom stereocenters. The predicted molar refractivity (Wildman–Crippen MR) is 108 cm³/mol. The number of hydrogen-bond donors (Lipinski definition) is 2. The first-order valence-electron chi connectivity index (χ1n) is 8.75. The molecule has 7 nitrogen and oxygen atoms in total. The highest BCUT2D eigenvalue weighted by atomic mass is 15.2. The fourth-order valence-corrected chi connectivity index (χ4v) is 3.05. The van der Waals surface area contributed by atoms with Crippen LogP contribution in [-0.4, -0.2) is 20.2 Å². The molecular formula is C21H17N7. The van der Waals surface area contributed by atoms with Crippen LogP contribution in [0.5, 0.6) is 0 Å². The van der Waals surface area contributed by atoms with Crippen molar-refractivity contribution in [1.29, 1.82) is 5.26 Å². The molecule has 28 heavy (non-hydrogen) atoms. The Morgan fingerprint density at radius 1 is 1.04 bits per heavy atom. The smallest absolute Gasteiger partial charge is 0.240 e. The van der Waals surface area contributed by atoms with E-state index < -0.39 is 0 Å². The van der Waals surface area contributed by atoms with Gasteiger partial charge in [-0.05, 0) is 24.6 Å². The molecule has 2 aromatic heterocycles. The third-order valence-corrected chi connectivity index (χ3v) is 4.52. The van der Waals surface area contributed by atoms with Crippen LogP contribution in [0.3, 0.4) is 0 Å². The summed E-state index contributed by atoms with van der Waals surface area (Å²) < 4.78 is 0. The van der Waals surface area contributed by atoms with Crippen molar-refractivity contribution in [3.8, 4) is 17.3 Å². The van der Waals surface area contributed by atoms with Gasteiger partial charge < -0.3 is 11.1 Å². The number of benzene rings is 2.